The topological polar surface area (TPSA) is 26.3 Å². The number of ether oxygens (including phenoxy) is 1. The van der Waals surface area contributed by atoms with Crippen LogP contribution in [0.3, 0.4) is 0 Å². The number of allylic oxidation sites excluding steroid dienone is 2. The summed E-state index contributed by atoms with van der Waals surface area (Å²) in [4.78, 5) is 11.4. The summed E-state index contributed by atoms with van der Waals surface area (Å²) >= 11 is 0. The Morgan fingerprint density at radius 1 is 1.33 bits per heavy atom. The molecule has 2 aliphatic carbocycles. The first-order valence-electron chi connectivity index (χ1n) is 4.71. The highest BCUT2D eigenvalue weighted by Gasteiger charge is 2.50. The van der Waals surface area contributed by atoms with Crippen LogP contribution in [-0.4, -0.2) is 12.6 Å². The summed E-state index contributed by atoms with van der Waals surface area (Å²) in [7, 11) is 0. The molecule has 3 rings (SSSR count). The largest absolute Gasteiger partial charge is 0.465 e. The fourth-order valence-electron chi connectivity index (χ4n) is 3.06. The molecule has 1 aliphatic heterocycles. The van der Waals surface area contributed by atoms with Gasteiger partial charge in [0.25, 0.3) is 0 Å². The van der Waals surface area contributed by atoms with E-state index in [1.807, 2.05) is 0 Å². The van der Waals surface area contributed by atoms with Crippen molar-refractivity contribution in [2.75, 3.05) is 6.61 Å². The Hall–Kier alpha value is -0.790. The molecule has 1 heterocycles. The second kappa shape index (κ2) is 2.12. The highest BCUT2D eigenvalue weighted by Crippen LogP contribution is 2.51. The third-order valence-corrected chi connectivity index (χ3v) is 3.59. The first-order valence-corrected chi connectivity index (χ1v) is 4.71. The lowest BCUT2D eigenvalue weighted by molar-refractivity contribution is -0.157. The molecule has 2 nitrogen and oxygen atoms in total. The number of carbonyl (C=O) groups excluding carboxylic acids is 1. The van der Waals surface area contributed by atoms with Gasteiger partial charge in [0.15, 0.2) is 0 Å². The van der Waals surface area contributed by atoms with Gasteiger partial charge in [-0.2, -0.15) is 0 Å². The van der Waals surface area contributed by atoms with Crippen LogP contribution in [0.25, 0.3) is 0 Å². The first kappa shape index (κ1) is 6.70. The molecule has 4 atom stereocenters. The van der Waals surface area contributed by atoms with E-state index in [4.69, 9.17) is 4.74 Å². The average molecular weight is 164 g/mol. The van der Waals surface area contributed by atoms with Crippen LogP contribution < -0.4 is 0 Å². The molecule has 3 aliphatic rings. The van der Waals surface area contributed by atoms with Crippen LogP contribution in [-0.2, 0) is 9.53 Å². The fraction of sp³-hybridized carbons (Fsp3) is 0.700. The Morgan fingerprint density at radius 3 is 3.00 bits per heavy atom. The van der Waals surface area contributed by atoms with Gasteiger partial charge in [0.2, 0.25) is 0 Å². The molecule has 64 valence electrons. The maximum absolute atomic E-state index is 11.4. The van der Waals surface area contributed by atoms with E-state index in [-0.39, 0.29) is 11.9 Å². The highest BCUT2D eigenvalue weighted by molar-refractivity contribution is 5.75. The quantitative estimate of drug-likeness (QED) is 0.399. The summed E-state index contributed by atoms with van der Waals surface area (Å²) in [6, 6.07) is 0. The zero-order valence-electron chi connectivity index (χ0n) is 6.90. The second-order valence-corrected chi connectivity index (χ2v) is 4.09. The van der Waals surface area contributed by atoms with Gasteiger partial charge in [-0.1, -0.05) is 12.2 Å². The molecule has 0 unspecified atom stereocenters. The Balaban J connectivity index is 1.97. The van der Waals surface area contributed by atoms with E-state index in [0.29, 0.717) is 24.4 Å². The Bertz CT molecular complexity index is 257. The number of rotatable bonds is 0. The number of hydrogen-bond acceptors (Lipinski definition) is 2. The number of esters is 1. The Kier molecular flexibility index (Phi) is 1.18. The van der Waals surface area contributed by atoms with E-state index in [1.54, 1.807) is 0 Å². The zero-order chi connectivity index (χ0) is 8.13. The molecule has 0 aromatic heterocycles. The van der Waals surface area contributed by atoms with Crippen LogP contribution in [0.1, 0.15) is 12.8 Å². The van der Waals surface area contributed by atoms with Crippen molar-refractivity contribution in [3.05, 3.63) is 12.2 Å². The van der Waals surface area contributed by atoms with Crippen LogP contribution >= 0.6 is 0 Å². The van der Waals surface area contributed by atoms with Crippen LogP contribution in [0.4, 0.5) is 0 Å². The fourth-order valence-corrected chi connectivity index (χ4v) is 3.06. The van der Waals surface area contributed by atoms with Crippen molar-refractivity contribution >= 4 is 5.97 Å². The minimum atomic E-state index is 0.0584. The van der Waals surface area contributed by atoms with Gasteiger partial charge in [-0.3, -0.25) is 4.79 Å². The highest BCUT2D eigenvalue weighted by atomic mass is 16.5. The minimum absolute atomic E-state index is 0.0584. The SMILES string of the molecule is O=C1OCC[C@H]2[C@H]1[C@H]1C=C[C@@H]2C1. The smallest absolute Gasteiger partial charge is 0.309 e. The van der Waals surface area contributed by atoms with Crippen LogP contribution in [0.2, 0.25) is 0 Å². The van der Waals surface area contributed by atoms with Gasteiger partial charge >= 0.3 is 5.97 Å². The molecular formula is C10H12O2. The molecule has 2 heteroatoms. The summed E-state index contributed by atoms with van der Waals surface area (Å²) in [5.41, 5.74) is 0. The average Bonchev–Trinajstić information content (AvgIpc) is 2.64. The van der Waals surface area contributed by atoms with Crippen molar-refractivity contribution in [2.24, 2.45) is 23.7 Å². The molecule has 0 N–H and O–H groups in total. The molecule has 1 saturated heterocycles. The maximum Gasteiger partial charge on any atom is 0.309 e. The Labute approximate surface area is 71.6 Å². The summed E-state index contributed by atoms with van der Waals surface area (Å²) in [6.45, 7) is 0.650. The van der Waals surface area contributed by atoms with Crippen LogP contribution in [0, 0.1) is 23.7 Å². The van der Waals surface area contributed by atoms with Crippen molar-refractivity contribution in [3.63, 3.8) is 0 Å². The van der Waals surface area contributed by atoms with Gasteiger partial charge in [0.1, 0.15) is 0 Å². The van der Waals surface area contributed by atoms with Crippen molar-refractivity contribution in [1.29, 1.82) is 0 Å². The normalized spacial score (nSPS) is 49.2. The molecule has 0 aromatic rings. The predicted molar refractivity (Wildman–Crippen MR) is 43.3 cm³/mol. The molecule has 2 bridgehead atoms. The van der Waals surface area contributed by atoms with E-state index in [9.17, 15) is 4.79 Å². The molecule has 0 aromatic carbocycles. The van der Waals surface area contributed by atoms with Crippen molar-refractivity contribution < 1.29 is 9.53 Å². The number of hydrogen-bond donors (Lipinski definition) is 0. The van der Waals surface area contributed by atoms with Gasteiger partial charge in [0.05, 0.1) is 12.5 Å². The monoisotopic (exact) mass is 164 g/mol. The molecule has 12 heavy (non-hydrogen) atoms. The van der Waals surface area contributed by atoms with Gasteiger partial charge in [0, 0.05) is 0 Å². The molecule has 0 radical (unpaired) electrons. The van der Waals surface area contributed by atoms with E-state index in [2.05, 4.69) is 12.2 Å². The maximum atomic E-state index is 11.4. The first-order chi connectivity index (χ1) is 5.86. The van der Waals surface area contributed by atoms with Crippen molar-refractivity contribution in [2.45, 2.75) is 12.8 Å². The Morgan fingerprint density at radius 2 is 2.17 bits per heavy atom. The van der Waals surface area contributed by atoms with Crippen molar-refractivity contribution in [1.82, 2.24) is 0 Å². The van der Waals surface area contributed by atoms with E-state index >= 15 is 0 Å². The summed E-state index contributed by atoms with van der Waals surface area (Å²) in [6.07, 6.45) is 6.79. The van der Waals surface area contributed by atoms with Crippen molar-refractivity contribution in [3.8, 4) is 0 Å². The van der Waals surface area contributed by atoms with Gasteiger partial charge in [-0.15, -0.1) is 0 Å². The summed E-state index contributed by atoms with van der Waals surface area (Å²) in [5.74, 6) is 2.08. The number of fused-ring (bicyclic) bond motifs is 5. The van der Waals surface area contributed by atoms with Gasteiger partial charge in [-0.25, -0.2) is 0 Å². The predicted octanol–water partition coefficient (Wildman–Crippen LogP) is 1.37. The lowest BCUT2D eigenvalue weighted by atomic mass is 9.80. The zero-order valence-corrected chi connectivity index (χ0v) is 6.90. The summed E-state index contributed by atoms with van der Waals surface area (Å²) < 4.78 is 5.07. The van der Waals surface area contributed by atoms with E-state index < -0.39 is 0 Å². The molecular weight excluding hydrogens is 152 g/mol. The van der Waals surface area contributed by atoms with E-state index in [0.717, 1.165) is 6.42 Å². The van der Waals surface area contributed by atoms with Gasteiger partial charge in [-0.05, 0) is 30.6 Å². The van der Waals surface area contributed by atoms with E-state index in [1.165, 1.54) is 6.42 Å². The third kappa shape index (κ3) is 0.680. The standard InChI is InChI=1S/C10H12O2/c11-10-9-7-2-1-6(5-7)8(9)3-4-12-10/h1-2,6-9H,3-5H2/t6-,7+,8-,9-/m1/s1. The number of carbonyl (C=O) groups is 1. The number of cyclic esters (lactones) is 1. The second-order valence-electron chi connectivity index (χ2n) is 4.09. The summed E-state index contributed by atoms with van der Waals surface area (Å²) in [5, 5.41) is 0. The lowest BCUT2D eigenvalue weighted by Crippen LogP contribution is -2.34. The van der Waals surface area contributed by atoms with Crippen LogP contribution in [0.15, 0.2) is 12.2 Å². The molecule has 0 amide bonds. The third-order valence-electron chi connectivity index (χ3n) is 3.59. The van der Waals surface area contributed by atoms with Crippen LogP contribution in [0.5, 0.6) is 0 Å². The molecule has 0 spiro atoms. The lowest BCUT2D eigenvalue weighted by Gasteiger charge is -2.30. The molecule has 2 fully saturated rings. The van der Waals surface area contributed by atoms with Gasteiger partial charge < -0.3 is 4.74 Å². The molecule has 1 saturated carbocycles. The minimum Gasteiger partial charge on any atom is -0.465 e.